The first-order valence-electron chi connectivity index (χ1n) is 9.08. The highest BCUT2D eigenvalue weighted by molar-refractivity contribution is 6.32. The van der Waals surface area contributed by atoms with E-state index in [0.29, 0.717) is 29.4 Å². The molecule has 1 unspecified atom stereocenters. The minimum atomic E-state index is -0.414. The van der Waals surface area contributed by atoms with Crippen molar-refractivity contribution in [3.63, 3.8) is 0 Å². The molecule has 0 amide bonds. The summed E-state index contributed by atoms with van der Waals surface area (Å²) < 4.78 is 12.1. The van der Waals surface area contributed by atoms with Crippen molar-refractivity contribution >= 4 is 28.9 Å². The molecule has 7 nitrogen and oxygen atoms in total. The van der Waals surface area contributed by atoms with Crippen molar-refractivity contribution in [3.8, 4) is 5.75 Å². The van der Waals surface area contributed by atoms with Crippen LogP contribution in [-0.4, -0.2) is 34.6 Å². The van der Waals surface area contributed by atoms with Crippen LogP contribution in [0.5, 0.6) is 5.75 Å². The first-order chi connectivity index (χ1) is 14.1. The summed E-state index contributed by atoms with van der Waals surface area (Å²) in [6.45, 7) is 0.895. The van der Waals surface area contributed by atoms with E-state index in [-0.39, 0.29) is 30.7 Å². The molecule has 3 aromatic rings. The van der Waals surface area contributed by atoms with Gasteiger partial charge in [-0.05, 0) is 36.4 Å². The number of rotatable bonds is 10. The van der Waals surface area contributed by atoms with Crippen LogP contribution >= 0.6 is 23.2 Å². The molecule has 2 aromatic heterocycles. The van der Waals surface area contributed by atoms with Crippen LogP contribution < -0.4 is 15.6 Å². The molecule has 0 saturated carbocycles. The van der Waals surface area contributed by atoms with Crippen molar-refractivity contribution in [2.75, 3.05) is 25.1 Å². The lowest BCUT2D eigenvalue weighted by Gasteiger charge is -2.16. The average molecular weight is 438 g/mol. The molecule has 0 bridgehead atoms. The number of aliphatic hydroxyl groups is 1. The first kappa shape index (κ1) is 21.2. The Morgan fingerprint density at radius 2 is 2.03 bits per heavy atom. The smallest absolute Gasteiger partial charge is 0.287 e. The van der Waals surface area contributed by atoms with E-state index in [9.17, 15) is 9.90 Å². The molecule has 0 radical (unpaired) electrons. The van der Waals surface area contributed by atoms with E-state index in [2.05, 4.69) is 10.4 Å². The van der Waals surface area contributed by atoms with Gasteiger partial charge in [-0.1, -0.05) is 23.2 Å². The van der Waals surface area contributed by atoms with Crippen LogP contribution in [0, 0.1) is 5.92 Å². The fourth-order valence-corrected chi connectivity index (χ4v) is 3.04. The van der Waals surface area contributed by atoms with E-state index in [1.54, 1.807) is 36.6 Å². The first-order valence-corrected chi connectivity index (χ1v) is 9.83. The summed E-state index contributed by atoms with van der Waals surface area (Å²) in [4.78, 5) is 12.4. The molecule has 2 N–H and O–H groups in total. The largest absolute Gasteiger partial charge is 0.492 e. The molecule has 29 heavy (non-hydrogen) atoms. The second-order valence-corrected chi connectivity index (χ2v) is 7.23. The van der Waals surface area contributed by atoms with Crippen molar-refractivity contribution in [2.24, 2.45) is 5.92 Å². The molecular weight excluding hydrogens is 417 g/mol. The van der Waals surface area contributed by atoms with Crippen LogP contribution in [0.3, 0.4) is 0 Å². The quantitative estimate of drug-likeness (QED) is 0.504. The van der Waals surface area contributed by atoms with E-state index in [1.807, 2.05) is 6.07 Å². The molecule has 0 aliphatic rings. The van der Waals surface area contributed by atoms with Gasteiger partial charge in [0.05, 0.1) is 24.7 Å². The zero-order chi connectivity index (χ0) is 20.6. The summed E-state index contributed by atoms with van der Waals surface area (Å²) in [6, 6.07) is 10.6. The van der Waals surface area contributed by atoms with Crippen LogP contribution in [0.15, 0.2) is 58.1 Å². The van der Waals surface area contributed by atoms with Gasteiger partial charge in [0, 0.05) is 30.5 Å². The van der Waals surface area contributed by atoms with E-state index in [4.69, 9.17) is 32.4 Å². The minimum absolute atomic E-state index is 0.0299. The molecule has 2 heterocycles. The lowest BCUT2D eigenvalue weighted by atomic mass is 10.1. The van der Waals surface area contributed by atoms with Crippen LogP contribution in [0.2, 0.25) is 10.0 Å². The van der Waals surface area contributed by atoms with Crippen LogP contribution in [0.1, 0.15) is 5.76 Å². The van der Waals surface area contributed by atoms with E-state index >= 15 is 0 Å². The monoisotopic (exact) mass is 437 g/mol. The van der Waals surface area contributed by atoms with Gasteiger partial charge in [0.1, 0.15) is 23.1 Å². The Hall–Kier alpha value is -2.48. The number of hydrogen-bond donors (Lipinski definition) is 2. The Morgan fingerprint density at radius 1 is 1.24 bits per heavy atom. The van der Waals surface area contributed by atoms with Gasteiger partial charge in [-0.15, -0.1) is 0 Å². The molecule has 154 valence electrons. The number of aliphatic hydroxyl groups excluding tert-OH is 1. The maximum Gasteiger partial charge on any atom is 0.287 e. The Bertz CT molecular complexity index is 959. The molecule has 0 aliphatic heterocycles. The number of ether oxygens (including phenoxy) is 1. The van der Waals surface area contributed by atoms with Crippen molar-refractivity contribution < 1.29 is 14.3 Å². The van der Waals surface area contributed by atoms with Crippen LogP contribution in [0.4, 0.5) is 5.69 Å². The predicted molar refractivity (Wildman–Crippen MR) is 112 cm³/mol. The summed E-state index contributed by atoms with van der Waals surface area (Å²) in [7, 11) is 0. The van der Waals surface area contributed by atoms with Gasteiger partial charge in [-0.3, -0.25) is 4.79 Å². The van der Waals surface area contributed by atoms with Crippen molar-refractivity contribution in [3.05, 3.63) is 75.0 Å². The number of aromatic nitrogens is 2. The van der Waals surface area contributed by atoms with Gasteiger partial charge in [0.2, 0.25) is 0 Å². The van der Waals surface area contributed by atoms with Gasteiger partial charge in [-0.2, -0.15) is 5.10 Å². The Balaban J connectivity index is 1.55. The Morgan fingerprint density at radius 3 is 2.72 bits per heavy atom. The number of nitrogens with one attached hydrogen (secondary N) is 1. The zero-order valence-electron chi connectivity index (χ0n) is 15.6. The Kier molecular flexibility index (Phi) is 7.57. The van der Waals surface area contributed by atoms with E-state index in [1.165, 1.54) is 10.9 Å². The fourth-order valence-electron chi connectivity index (χ4n) is 2.70. The SMILES string of the molecule is O=c1c(Cl)c(NCC(CO)Cc2ccco2)cnn1CCOc1ccc(Cl)cc1. The molecule has 3 rings (SSSR count). The standard InChI is InChI=1S/C20H21Cl2N3O4/c21-15-3-5-16(6-4-15)29-9-7-25-20(27)19(22)18(12-24-25)23-11-14(13-26)10-17-2-1-8-28-17/h1-6,8,12,14,23,26H,7,9-11,13H2. The predicted octanol–water partition coefficient (Wildman–Crippen LogP) is 3.49. The molecule has 9 heteroatoms. The maximum absolute atomic E-state index is 12.4. The third-order valence-electron chi connectivity index (χ3n) is 4.28. The Labute approximate surface area is 177 Å². The number of benzene rings is 1. The molecule has 0 spiro atoms. The van der Waals surface area contributed by atoms with Gasteiger partial charge in [-0.25, -0.2) is 4.68 Å². The lowest BCUT2D eigenvalue weighted by Crippen LogP contribution is -2.28. The second-order valence-electron chi connectivity index (χ2n) is 6.42. The molecular formula is C20H21Cl2N3O4. The number of hydrogen-bond acceptors (Lipinski definition) is 6. The second kappa shape index (κ2) is 10.3. The maximum atomic E-state index is 12.4. The molecule has 1 atom stereocenters. The van der Waals surface area contributed by atoms with Crippen LogP contribution in [0.25, 0.3) is 0 Å². The highest BCUT2D eigenvalue weighted by Gasteiger charge is 2.14. The average Bonchev–Trinajstić information content (AvgIpc) is 3.24. The number of nitrogens with zero attached hydrogens (tertiary/aromatic N) is 2. The van der Waals surface area contributed by atoms with Crippen molar-refractivity contribution in [1.29, 1.82) is 0 Å². The van der Waals surface area contributed by atoms with Gasteiger partial charge in [0.15, 0.2) is 0 Å². The number of furan rings is 1. The molecule has 0 saturated heterocycles. The third-order valence-corrected chi connectivity index (χ3v) is 4.90. The lowest BCUT2D eigenvalue weighted by molar-refractivity contribution is 0.226. The summed E-state index contributed by atoms with van der Waals surface area (Å²) in [5, 5.41) is 17.4. The van der Waals surface area contributed by atoms with Crippen LogP contribution in [-0.2, 0) is 13.0 Å². The summed E-state index contributed by atoms with van der Waals surface area (Å²) in [5.41, 5.74) is 0.00684. The number of anilines is 1. The third kappa shape index (κ3) is 6.00. The summed E-state index contributed by atoms with van der Waals surface area (Å²) in [6.07, 6.45) is 3.66. The van der Waals surface area contributed by atoms with Gasteiger partial charge < -0.3 is 19.6 Å². The van der Waals surface area contributed by atoms with E-state index in [0.717, 1.165) is 5.76 Å². The van der Waals surface area contributed by atoms with Crippen molar-refractivity contribution in [2.45, 2.75) is 13.0 Å². The fraction of sp³-hybridized carbons (Fsp3) is 0.300. The summed E-state index contributed by atoms with van der Waals surface area (Å²) in [5.74, 6) is 1.34. The molecule has 1 aromatic carbocycles. The summed E-state index contributed by atoms with van der Waals surface area (Å²) >= 11 is 12.0. The highest BCUT2D eigenvalue weighted by atomic mass is 35.5. The zero-order valence-corrected chi connectivity index (χ0v) is 17.1. The van der Waals surface area contributed by atoms with Gasteiger partial charge >= 0.3 is 0 Å². The number of halogens is 2. The molecule has 0 aliphatic carbocycles. The van der Waals surface area contributed by atoms with Crippen molar-refractivity contribution in [1.82, 2.24) is 9.78 Å². The normalized spacial score (nSPS) is 12.0. The molecule has 0 fully saturated rings. The minimum Gasteiger partial charge on any atom is -0.492 e. The highest BCUT2D eigenvalue weighted by Crippen LogP contribution is 2.18. The van der Waals surface area contributed by atoms with Gasteiger partial charge in [0.25, 0.3) is 5.56 Å². The van der Waals surface area contributed by atoms with E-state index < -0.39 is 5.56 Å². The topological polar surface area (TPSA) is 89.5 Å².